The van der Waals surface area contributed by atoms with Crippen LogP contribution in [-0.2, 0) is 9.59 Å². The highest BCUT2D eigenvalue weighted by Crippen LogP contribution is 2.13. The van der Waals surface area contributed by atoms with E-state index in [9.17, 15) is 14.4 Å². The molecule has 1 N–H and O–H groups in total. The molecule has 18 heavy (non-hydrogen) atoms. The second-order valence-electron chi connectivity index (χ2n) is 3.76. The van der Waals surface area contributed by atoms with Crippen molar-refractivity contribution in [2.75, 3.05) is 7.11 Å². The maximum Gasteiger partial charge on any atom is 0.310 e. The number of ketones is 2. The Kier molecular flexibility index (Phi) is 5.05. The number of hydrogen-bond acceptors (Lipinski definition) is 4. The SMILES string of the molecule is COc1ccc(C(=O)CCC(=O)CC(=O)O)cc1. The van der Waals surface area contributed by atoms with Gasteiger partial charge >= 0.3 is 5.97 Å². The Balaban J connectivity index is 2.49. The number of carboxylic acids is 1. The molecule has 0 saturated carbocycles. The van der Waals surface area contributed by atoms with Gasteiger partial charge in [-0.25, -0.2) is 0 Å². The van der Waals surface area contributed by atoms with E-state index < -0.39 is 18.2 Å². The summed E-state index contributed by atoms with van der Waals surface area (Å²) >= 11 is 0. The van der Waals surface area contributed by atoms with E-state index in [0.717, 1.165) is 0 Å². The van der Waals surface area contributed by atoms with E-state index in [1.807, 2.05) is 0 Å². The van der Waals surface area contributed by atoms with Crippen LogP contribution in [0.1, 0.15) is 29.6 Å². The fraction of sp³-hybridized carbons (Fsp3) is 0.308. The van der Waals surface area contributed by atoms with Gasteiger partial charge in [-0.05, 0) is 24.3 Å². The first kappa shape index (κ1) is 13.9. The Morgan fingerprint density at radius 1 is 1.11 bits per heavy atom. The average Bonchev–Trinajstić information content (AvgIpc) is 2.35. The smallest absolute Gasteiger partial charge is 0.310 e. The summed E-state index contributed by atoms with van der Waals surface area (Å²) in [5.41, 5.74) is 0.485. The number of rotatable bonds is 7. The van der Waals surface area contributed by atoms with Crippen molar-refractivity contribution in [2.45, 2.75) is 19.3 Å². The molecule has 0 aromatic heterocycles. The van der Waals surface area contributed by atoms with Crippen LogP contribution in [0.2, 0.25) is 0 Å². The van der Waals surface area contributed by atoms with Gasteiger partial charge in [0.2, 0.25) is 0 Å². The van der Waals surface area contributed by atoms with Gasteiger partial charge in [-0.1, -0.05) is 0 Å². The maximum atomic E-state index is 11.7. The quantitative estimate of drug-likeness (QED) is 0.588. The van der Waals surface area contributed by atoms with Crippen LogP contribution in [0.5, 0.6) is 5.75 Å². The maximum absolute atomic E-state index is 11.7. The normalized spacial score (nSPS) is 9.83. The number of carbonyl (C=O) groups excluding carboxylic acids is 2. The van der Waals surface area contributed by atoms with Gasteiger partial charge in [-0.2, -0.15) is 0 Å². The van der Waals surface area contributed by atoms with Crippen molar-refractivity contribution in [3.63, 3.8) is 0 Å². The van der Waals surface area contributed by atoms with Crippen molar-refractivity contribution in [1.29, 1.82) is 0 Å². The zero-order valence-corrected chi connectivity index (χ0v) is 10.0. The number of benzene rings is 1. The number of hydrogen-bond donors (Lipinski definition) is 1. The first-order valence-corrected chi connectivity index (χ1v) is 5.43. The predicted molar refractivity (Wildman–Crippen MR) is 63.8 cm³/mol. The molecule has 0 fully saturated rings. The molecule has 1 aromatic rings. The fourth-order valence-corrected chi connectivity index (χ4v) is 1.43. The standard InChI is InChI=1S/C13H14O5/c1-18-11-5-2-9(3-6-11)12(15)7-4-10(14)8-13(16)17/h2-3,5-6H,4,7-8H2,1H3,(H,16,17). The number of ether oxygens (including phenoxy) is 1. The summed E-state index contributed by atoms with van der Waals surface area (Å²) in [5, 5.41) is 8.40. The lowest BCUT2D eigenvalue weighted by Crippen LogP contribution is -2.09. The topological polar surface area (TPSA) is 80.7 Å². The lowest BCUT2D eigenvalue weighted by molar-refractivity contribution is -0.140. The van der Waals surface area contributed by atoms with Gasteiger partial charge < -0.3 is 9.84 Å². The Hall–Kier alpha value is -2.17. The Bertz CT molecular complexity index is 447. The monoisotopic (exact) mass is 250 g/mol. The molecule has 0 unspecified atom stereocenters. The minimum Gasteiger partial charge on any atom is -0.497 e. The molecule has 0 saturated heterocycles. The van der Waals surface area contributed by atoms with E-state index in [2.05, 4.69) is 0 Å². The zero-order chi connectivity index (χ0) is 13.5. The minimum absolute atomic E-state index is 0.0262. The van der Waals surface area contributed by atoms with Gasteiger partial charge in [0.05, 0.1) is 7.11 Å². The van der Waals surface area contributed by atoms with Crippen LogP contribution in [-0.4, -0.2) is 29.8 Å². The van der Waals surface area contributed by atoms with Crippen LogP contribution in [0.3, 0.4) is 0 Å². The second-order valence-corrected chi connectivity index (χ2v) is 3.76. The highest BCUT2D eigenvalue weighted by molar-refractivity contribution is 6.00. The van der Waals surface area contributed by atoms with Crippen LogP contribution < -0.4 is 4.74 Å². The van der Waals surface area contributed by atoms with Gasteiger partial charge in [0.25, 0.3) is 0 Å². The number of carboxylic acid groups (broad SMARTS) is 1. The molecule has 0 amide bonds. The molecule has 0 heterocycles. The predicted octanol–water partition coefficient (Wildman–Crippen LogP) is 1.70. The molecule has 96 valence electrons. The molecule has 0 aliphatic rings. The molecule has 0 aliphatic heterocycles. The van der Waals surface area contributed by atoms with Crippen molar-refractivity contribution >= 4 is 17.5 Å². The molecule has 1 aromatic carbocycles. The van der Waals surface area contributed by atoms with E-state index in [0.29, 0.717) is 11.3 Å². The van der Waals surface area contributed by atoms with Crippen LogP contribution in [0, 0.1) is 0 Å². The molecule has 0 bridgehead atoms. The van der Waals surface area contributed by atoms with Gasteiger partial charge in [0.1, 0.15) is 18.0 Å². The third-order valence-electron chi connectivity index (χ3n) is 2.39. The van der Waals surface area contributed by atoms with Crippen molar-refractivity contribution < 1.29 is 24.2 Å². The third kappa shape index (κ3) is 4.37. The fourth-order valence-electron chi connectivity index (χ4n) is 1.43. The molecular formula is C13H14O5. The highest BCUT2D eigenvalue weighted by Gasteiger charge is 2.12. The Labute approximate surface area is 104 Å². The van der Waals surface area contributed by atoms with E-state index in [-0.39, 0.29) is 18.6 Å². The zero-order valence-electron chi connectivity index (χ0n) is 10.0. The van der Waals surface area contributed by atoms with Gasteiger partial charge in [-0.15, -0.1) is 0 Å². The summed E-state index contributed by atoms with van der Waals surface area (Å²) in [6.07, 6.45) is -0.550. The Morgan fingerprint density at radius 2 is 1.72 bits per heavy atom. The Morgan fingerprint density at radius 3 is 2.22 bits per heavy atom. The molecule has 0 radical (unpaired) electrons. The van der Waals surface area contributed by atoms with Crippen LogP contribution in [0.25, 0.3) is 0 Å². The van der Waals surface area contributed by atoms with Crippen LogP contribution in [0.4, 0.5) is 0 Å². The minimum atomic E-state index is -1.17. The first-order chi connectivity index (χ1) is 8.52. The van der Waals surface area contributed by atoms with Crippen molar-refractivity contribution in [1.82, 2.24) is 0 Å². The first-order valence-electron chi connectivity index (χ1n) is 5.43. The van der Waals surface area contributed by atoms with E-state index in [1.165, 1.54) is 7.11 Å². The van der Waals surface area contributed by atoms with E-state index >= 15 is 0 Å². The summed E-state index contributed by atoms with van der Waals surface area (Å²) in [4.78, 5) is 33.1. The highest BCUT2D eigenvalue weighted by atomic mass is 16.5. The lowest BCUT2D eigenvalue weighted by Gasteiger charge is -2.02. The van der Waals surface area contributed by atoms with Gasteiger partial charge in [-0.3, -0.25) is 14.4 Å². The number of Topliss-reactive ketones (excluding diaryl/α,β-unsaturated/α-hetero) is 2. The lowest BCUT2D eigenvalue weighted by atomic mass is 10.0. The van der Waals surface area contributed by atoms with E-state index in [4.69, 9.17) is 9.84 Å². The van der Waals surface area contributed by atoms with E-state index in [1.54, 1.807) is 24.3 Å². The molecule has 5 heteroatoms. The average molecular weight is 250 g/mol. The summed E-state index contributed by atoms with van der Waals surface area (Å²) in [5.74, 6) is -1.15. The van der Waals surface area contributed by atoms with Crippen LogP contribution >= 0.6 is 0 Å². The van der Waals surface area contributed by atoms with Crippen molar-refractivity contribution in [3.8, 4) is 5.75 Å². The van der Waals surface area contributed by atoms with Crippen LogP contribution in [0.15, 0.2) is 24.3 Å². The molecule has 1 rings (SSSR count). The summed E-state index contributed by atoms with van der Waals surface area (Å²) in [7, 11) is 1.53. The molecule has 5 nitrogen and oxygen atoms in total. The number of aliphatic carboxylic acids is 1. The summed E-state index contributed by atoms with van der Waals surface area (Å²) < 4.78 is 4.96. The third-order valence-corrected chi connectivity index (χ3v) is 2.39. The number of carbonyl (C=O) groups is 3. The van der Waals surface area contributed by atoms with Gasteiger partial charge in [0, 0.05) is 18.4 Å². The summed E-state index contributed by atoms with van der Waals surface area (Å²) in [6.45, 7) is 0. The molecular weight excluding hydrogens is 236 g/mol. The van der Waals surface area contributed by atoms with Crippen molar-refractivity contribution in [2.24, 2.45) is 0 Å². The summed E-state index contributed by atoms with van der Waals surface area (Å²) in [6, 6.07) is 6.55. The molecule has 0 aliphatic carbocycles. The van der Waals surface area contributed by atoms with Gasteiger partial charge in [0.15, 0.2) is 5.78 Å². The molecule has 0 spiro atoms. The molecule has 0 atom stereocenters. The second kappa shape index (κ2) is 6.54. The largest absolute Gasteiger partial charge is 0.497 e. The van der Waals surface area contributed by atoms with Crippen molar-refractivity contribution in [3.05, 3.63) is 29.8 Å². The number of methoxy groups -OCH3 is 1.